The van der Waals surface area contributed by atoms with Crippen LogP contribution < -0.4 is 4.74 Å². The third kappa shape index (κ3) is 3.23. The largest absolute Gasteiger partial charge is 0.475 e. The van der Waals surface area contributed by atoms with E-state index in [2.05, 4.69) is 4.98 Å². The first-order valence-electron chi connectivity index (χ1n) is 4.08. The van der Waals surface area contributed by atoms with E-state index in [4.69, 9.17) is 10.00 Å². The van der Waals surface area contributed by atoms with Gasteiger partial charge in [-0.05, 0) is 17.7 Å². The minimum Gasteiger partial charge on any atom is -0.475 e. The van der Waals surface area contributed by atoms with Crippen molar-refractivity contribution in [1.82, 2.24) is 4.98 Å². The van der Waals surface area contributed by atoms with E-state index in [1.54, 1.807) is 24.4 Å². The van der Waals surface area contributed by atoms with Crippen LogP contribution in [0.2, 0.25) is 0 Å². The summed E-state index contributed by atoms with van der Waals surface area (Å²) in [5.41, 5.74) is 0.805. The summed E-state index contributed by atoms with van der Waals surface area (Å²) in [7, 11) is 0. The van der Waals surface area contributed by atoms with Crippen molar-refractivity contribution in [3.05, 3.63) is 30.0 Å². The van der Waals surface area contributed by atoms with Crippen LogP contribution in [0.5, 0.6) is 5.88 Å². The summed E-state index contributed by atoms with van der Waals surface area (Å²) < 4.78 is 16.7. The number of hydrogen-bond acceptors (Lipinski definition) is 3. The predicted molar refractivity (Wildman–Crippen MR) is 50.4 cm³/mol. The molecule has 0 amide bonds. The zero-order valence-corrected chi connectivity index (χ0v) is 7.48. The normalized spacial score (nSPS) is 10.0. The second-order valence-electron chi connectivity index (χ2n) is 2.43. The molecule has 1 heterocycles. The lowest BCUT2D eigenvalue weighted by Gasteiger charge is -2.01. The second kappa shape index (κ2) is 5.70. The van der Waals surface area contributed by atoms with Crippen LogP contribution in [0.3, 0.4) is 0 Å². The number of ether oxygens (including phenoxy) is 1. The first-order chi connectivity index (χ1) is 6.86. The van der Waals surface area contributed by atoms with Gasteiger partial charge in [0.25, 0.3) is 0 Å². The van der Waals surface area contributed by atoms with E-state index in [1.165, 1.54) is 6.08 Å². The summed E-state index contributed by atoms with van der Waals surface area (Å²) in [5, 5.41) is 8.27. The summed E-state index contributed by atoms with van der Waals surface area (Å²) in [4.78, 5) is 3.92. The Morgan fingerprint density at radius 3 is 3.00 bits per heavy atom. The molecule has 0 aliphatic heterocycles. The first kappa shape index (κ1) is 10.2. The lowest BCUT2D eigenvalue weighted by Crippen LogP contribution is -1.99. The molecule has 0 saturated heterocycles. The number of allylic oxidation sites excluding steroid dienone is 1. The van der Waals surface area contributed by atoms with Crippen molar-refractivity contribution in [1.29, 1.82) is 5.26 Å². The summed E-state index contributed by atoms with van der Waals surface area (Å²) in [6.07, 6.45) is 4.55. The van der Waals surface area contributed by atoms with Gasteiger partial charge in [0.05, 0.1) is 6.07 Å². The minimum atomic E-state index is -0.530. The molecule has 0 aromatic carbocycles. The van der Waals surface area contributed by atoms with Gasteiger partial charge in [0.2, 0.25) is 5.88 Å². The van der Waals surface area contributed by atoms with Crippen molar-refractivity contribution in [3.63, 3.8) is 0 Å². The van der Waals surface area contributed by atoms with Crippen LogP contribution in [0, 0.1) is 11.3 Å². The molecular formula is C10H9FN2O. The lowest BCUT2D eigenvalue weighted by atomic mass is 10.2. The van der Waals surface area contributed by atoms with E-state index in [9.17, 15) is 4.39 Å². The predicted octanol–water partition coefficient (Wildman–Crippen LogP) is 1.97. The number of nitriles is 1. The standard InChI is InChI=1S/C10H9FN2O/c11-5-7-14-10-4-3-9(8-13-10)2-1-6-12/h1-4,8H,5,7H2/b2-1+/i11-1. The number of halogens is 1. The molecule has 3 nitrogen and oxygen atoms in total. The maximum absolute atomic E-state index is 11.7. The summed E-state index contributed by atoms with van der Waals surface area (Å²) in [6.45, 7) is -0.516. The molecule has 4 heteroatoms. The van der Waals surface area contributed by atoms with E-state index in [1.807, 2.05) is 6.07 Å². The highest BCUT2D eigenvalue weighted by Crippen LogP contribution is 2.08. The molecule has 14 heavy (non-hydrogen) atoms. The Hall–Kier alpha value is -1.89. The Balaban J connectivity index is 2.60. The number of hydrogen-bond donors (Lipinski definition) is 0. The van der Waals surface area contributed by atoms with Crippen LogP contribution in [0.15, 0.2) is 24.4 Å². The molecule has 0 aliphatic rings. The van der Waals surface area contributed by atoms with Crippen molar-refractivity contribution in [2.75, 3.05) is 13.3 Å². The van der Waals surface area contributed by atoms with E-state index in [-0.39, 0.29) is 6.61 Å². The average Bonchev–Trinajstić information content (AvgIpc) is 2.25. The molecule has 0 bridgehead atoms. The van der Waals surface area contributed by atoms with Crippen LogP contribution in [-0.4, -0.2) is 18.3 Å². The number of alkyl halides is 1. The van der Waals surface area contributed by atoms with Gasteiger partial charge >= 0.3 is 0 Å². The third-order valence-electron chi connectivity index (χ3n) is 1.44. The molecule has 1 rings (SSSR count). The van der Waals surface area contributed by atoms with Gasteiger partial charge in [0.1, 0.15) is 13.3 Å². The number of nitrogens with zero attached hydrogens (tertiary/aromatic N) is 2. The van der Waals surface area contributed by atoms with Crippen molar-refractivity contribution in [2.45, 2.75) is 0 Å². The van der Waals surface area contributed by atoms with E-state index >= 15 is 0 Å². The average molecular weight is 191 g/mol. The van der Waals surface area contributed by atoms with Gasteiger partial charge in [0.15, 0.2) is 0 Å². The number of rotatable bonds is 4. The van der Waals surface area contributed by atoms with Gasteiger partial charge in [-0.3, -0.25) is 0 Å². The molecular weight excluding hydrogens is 182 g/mol. The van der Waals surface area contributed by atoms with Crippen molar-refractivity contribution in [3.8, 4) is 11.9 Å². The van der Waals surface area contributed by atoms with E-state index < -0.39 is 6.67 Å². The minimum absolute atomic E-state index is 0.0143. The zero-order valence-electron chi connectivity index (χ0n) is 7.48. The molecule has 0 fully saturated rings. The molecule has 0 atom stereocenters. The van der Waals surface area contributed by atoms with Crippen LogP contribution in [0.25, 0.3) is 6.08 Å². The van der Waals surface area contributed by atoms with Gasteiger partial charge in [0, 0.05) is 18.3 Å². The fourth-order valence-electron chi connectivity index (χ4n) is 0.852. The Morgan fingerprint density at radius 2 is 2.43 bits per heavy atom. The van der Waals surface area contributed by atoms with Crippen LogP contribution in [0.1, 0.15) is 5.56 Å². The smallest absolute Gasteiger partial charge is 0.213 e. The monoisotopic (exact) mass is 191 g/mol. The van der Waals surface area contributed by atoms with E-state index in [0.717, 1.165) is 5.56 Å². The lowest BCUT2D eigenvalue weighted by molar-refractivity contribution is 0.264. The Labute approximate surface area is 81.5 Å². The maximum Gasteiger partial charge on any atom is 0.213 e. The summed E-state index contributed by atoms with van der Waals surface area (Å²) in [6, 6.07) is 5.25. The molecule has 0 N–H and O–H groups in total. The molecule has 0 saturated carbocycles. The van der Waals surface area contributed by atoms with Crippen LogP contribution in [-0.2, 0) is 0 Å². The quantitative estimate of drug-likeness (QED) is 0.683. The van der Waals surface area contributed by atoms with Gasteiger partial charge < -0.3 is 4.74 Å². The number of pyridine rings is 1. The maximum atomic E-state index is 11.7. The fraction of sp³-hybridized carbons (Fsp3) is 0.200. The fourth-order valence-corrected chi connectivity index (χ4v) is 0.852. The topological polar surface area (TPSA) is 45.9 Å². The highest BCUT2D eigenvalue weighted by Gasteiger charge is 1.93. The van der Waals surface area contributed by atoms with Crippen LogP contribution >= 0.6 is 0 Å². The van der Waals surface area contributed by atoms with Crippen molar-refractivity contribution in [2.24, 2.45) is 0 Å². The van der Waals surface area contributed by atoms with Gasteiger partial charge in [-0.1, -0.05) is 0 Å². The summed E-state index contributed by atoms with van der Waals surface area (Å²) >= 11 is 0. The van der Waals surface area contributed by atoms with Crippen LogP contribution in [0.4, 0.5) is 4.39 Å². The molecule has 1 aromatic rings. The molecule has 0 aliphatic carbocycles. The Kier molecular flexibility index (Phi) is 4.15. The van der Waals surface area contributed by atoms with E-state index in [0.29, 0.717) is 5.88 Å². The molecule has 0 unspecified atom stereocenters. The van der Waals surface area contributed by atoms with Gasteiger partial charge in [-0.2, -0.15) is 5.26 Å². The molecule has 0 spiro atoms. The highest BCUT2D eigenvalue weighted by molar-refractivity contribution is 5.50. The number of aromatic nitrogens is 1. The van der Waals surface area contributed by atoms with Gasteiger partial charge in [-0.15, -0.1) is 0 Å². The first-order valence-corrected chi connectivity index (χ1v) is 4.08. The third-order valence-corrected chi connectivity index (χ3v) is 1.44. The Bertz CT molecular complexity index is 340. The summed E-state index contributed by atoms with van der Waals surface area (Å²) in [5.74, 6) is 0.386. The molecule has 72 valence electrons. The second-order valence-corrected chi connectivity index (χ2v) is 2.43. The van der Waals surface area contributed by atoms with Crippen molar-refractivity contribution >= 4 is 6.08 Å². The Morgan fingerprint density at radius 1 is 1.57 bits per heavy atom. The SMILES string of the molecule is N#C/C=C/c1ccc(OCC[18F])nc1. The van der Waals surface area contributed by atoms with Crippen molar-refractivity contribution < 1.29 is 9.13 Å². The van der Waals surface area contributed by atoms with Gasteiger partial charge in [-0.25, -0.2) is 9.37 Å². The molecule has 1 aromatic heterocycles. The molecule has 0 radical (unpaired) electrons. The highest BCUT2D eigenvalue weighted by atomic mass is 18.2. The zero-order chi connectivity index (χ0) is 10.2.